The molecule has 1 saturated carbocycles. The van der Waals surface area contributed by atoms with Crippen molar-refractivity contribution in [1.82, 2.24) is 0 Å². The molecule has 1 aromatic carbocycles. The van der Waals surface area contributed by atoms with Gasteiger partial charge >= 0.3 is 5.97 Å². The van der Waals surface area contributed by atoms with Crippen molar-refractivity contribution in [3.8, 4) is 11.5 Å². The highest BCUT2D eigenvalue weighted by molar-refractivity contribution is 5.81. The van der Waals surface area contributed by atoms with Gasteiger partial charge < -0.3 is 14.9 Å². The van der Waals surface area contributed by atoms with Crippen LogP contribution in [-0.2, 0) is 4.79 Å². The number of aldehydes is 1. The van der Waals surface area contributed by atoms with E-state index in [4.69, 9.17) is 4.74 Å². The number of aliphatic hydroxyl groups excluding tert-OH is 1. The van der Waals surface area contributed by atoms with Crippen LogP contribution in [0.4, 0.5) is 0 Å². The van der Waals surface area contributed by atoms with Gasteiger partial charge in [-0.3, -0.25) is 9.59 Å². The maximum absolute atomic E-state index is 11.9. The first-order valence-electron chi connectivity index (χ1n) is 6.28. The molecule has 0 saturated heterocycles. The van der Waals surface area contributed by atoms with Gasteiger partial charge in [0.15, 0.2) is 6.29 Å². The lowest BCUT2D eigenvalue weighted by Gasteiger charge is -2.23. The van der Waals surface area contributed by atoms with Crippen LogP contribution in [0.25, 0.3) is 0 Å². The Hall–Kier alpha value is -1.88. The second kappa shape index (κ2) is 5.84. The molecule has 102 valence electrons. The van der Waals surface area contributed by atoms with Crippen LogP contribution in [0.2, 0.25) is 0 Å². The highest BCUT2D eigenvalue weighted by Gasteiger charge is 2.26. The number of aliphatic hydroxyl groups is 1. The summed E-state index contributed by atoms with van der Waals surface area (Å²) in [5, 5.41) is 18.7. The zero-order valence-corrected chi connectivity index (χ0v) is 10.4. The SMILES string of the molecule is O=Cc1cc(OC(=O)[C@H]2CC[C@H](O)CC2)ccc1O. The van der Waals surface area contributed by atoms with Crippen LogP contribution in [0.5, 0.6) is 11.5 Å². The van der Waals surface area contributed by atoms with Gasteiger partial charge in [-0.05, 0) is 43.9 Å². The van der Waals surface area contributed by atoms with Crippen LogP contribution in [0, 0.1) is 5.92 Å². The van der Waals surface area contributed by atoms with Crippen molar-refractivity contribution in [2.75, 3.05) is 0 Å². The number of esters is 1. The van der Waals surface area contributed by atoms with Crippen molar-refractivity contribution < 1.29 is 24.5 Å². The van der Waals surface area contributed by atoms with Crippen LogP contribution in [0.1, 0.15) is 36.0 Å². The van der Waals surface area contributed by atoms with Crippen molar-refractivity contribution >= 4 is 12.3 Å². The molecule has 0 spiro atoms. The number of phenolic OH excluding ortho intramolecular Hbond substituents is 1. The molecule has 0 radical (unpaired) electrons. The molecule has 2 N–H and O–H groups in total. The second-order valence-corrected chi connectivity index (χ2v) is 4.77. The van der Waals surface area contributed by atoms with Crippen molar-refractivity contribution in [2.45, 2.75) is 31.8 Å². The molecule has 5 nitrogen and oxygen atoms in total. The summed E-state index contributed by atoms with van der Waals surface area (Å²) in [4.78, 5) is 22.6. The Kier molecular flexibility index (Phi) is 4.16. The minimum Gasteiger partial charge on any atom is -0.507 e. The van der Waals surface area contributed by atoms with Gasteiger partial charge in [-0.2, -0.15) is 0 Å². The van der Waals surface area contributed by atoms with Gasteiger partial charge in [0.1, 0.15) is 11.5 Å². The first kappa shape index (κ1) is 13.5. The van der Waals surface area contributed by atoms with E-state index in [9.17, 15) is 19.8 Å². The fourth-order valence-electron chi connectivity index (χ4n) is 2.20. The smallest absolute Gasteiger partial charge is 0.314 e. The third-order valence-corrected chi connectivity index (χ3v) is 3.37. The molecule has 0 atom stereocenters. The molecule has 0 unspecified atom stereocenters. The van der Waals surface area contributed by atoms with E-state index in [-0.39, 0.29) is 35.1 Å². The third-order valence-electron chi connectivity index (χ3n) is 3.37. The van der Waals surface area contributed by atoms with E-state index in [2.05, 4.69) is 0 Å². The van der Waals surface area contributed by atoms with Crippen molar-refractivity contribution in [2.24, 2.45) is 5.92 Å². The number of benzene rings is 1. The molecule has 0 heterocycles. The topological polar surface area (TPSA) is 83.8 Å². The molecule has 0 aromatic heterocycles. The number of aromatic hydroxyl groups is 1. The van der Waals surface area contributed by atoms with Gasteiger partial charge in [0.25, 0.3) is 0 Å². The Morgan fingerprint density at radius 1 is 1.26 bits per heavy atom. The number of rotatable bonds is 3. The van der Waals surface area contributed by atoms with Crippen molar-refractivity contribution in [3.63, 3.8) is 0 Å². The molecular formula is C14H16O5. The Morgan fingerprint density at radius 3 is 2.58 bits per heavy atom. The molecule has 1 aromatic rings. The monoisotopic (exact) mass is 264 g/mol. The maximum atomic E-state index is 11.9. The summed E-state index contributed by atoms with van der Waals surface area (Å²) in [6.45, 7) is 0. The number of hydrogen-bond acceptors (Lipinski definition) is 5. The average Bonchev–Trinajstić information content (AvgIpc) is 2.41. The highest BCUT2D eigenvalue weighted by atomic mass is 16.5. The Labute approximate surface area is 110 Å². The molecule has 0 amide bonds. The molecule has 1 fully saturated rings. The van der Waals surface area contributed by atoms with Gasteiger partial charge in [0.2, 0.25) is 0 Å². The number of carbonyl (C=O) groups is 2. The predicted octanol–water partition coefficient (Wildman–Crippen LogP) is 1.66. The van der Waals surface area contributed by atoms with Crippen molar-refractivity contribution in [1.29, 1.82) is 0 Å². The maximum Gasteiger partial charge on any atom is 0.314 e. The van der Waals surface area contributed by atoms with E-state index in [0.29, 0.717) is 32.0 Å². The van der Waals surface area contributed by atoms with Gasteiger partial charge in [-0.15, -0.1) is 0 Å². The van der Waals surface area contributed by atoms with Crippen molar-refractivity contribution in [3.05, 3.63) is 23.8 Å². The Balaban J connectivity index is 2.00. The summed E-state index contributed by atoms with van der Waals surface area (Å²) in [5.41, 5.74) is 0.0874. The van der Waals surface area contributed by atoms with Gasteiger partial charge in [0, 0.05) is 0 Å². The molecular weight excluding hydrogens is 248 g/mol. The van der Waals surface area contributed by atoms with E-state index in [1.807, 2.05) is 0 Å². The summed E-state index contributed by atoms with van der Waals surface area (Å²) >= 11 is 0. The van der Waals surface area contributed by atoms with Crippen LogP contribution < -0.4 is 4.74 Å². The van der Waals surface area contributed by atoms with E-state index < -0.39 is 0 Å². The summed E-state index contributed by atoms with van der Waals surface area (Å²) in [5.74, 6) is -0.460. The summed E-state index contributed by atoms with van der Waals surface area (Å²) < 4.78 is 5.20. The normalized spacial score (nSPS) is 22.8. The number of carbonyl (C=O) groups excluding carboxylic acids is 2. The zero-order valence-electron chi connectivity index (χ0n) is 10.4. The van der Waals surface area contributed by atoms with Gasteiger partial charge in [-0.1, -0.05) is 0 Å². The lowest BCUT2D eigenvalue weighted by atomic mass is 9.87. The molecule has 19 heavy (non-hydrogen) atoms. The molecule has 0 aliphatic heterocycles. The lowest BCUT2D eigenvalue weighted by molar-refractivity contribution is -0.140. The van der Waals surface area contributed by atoms with E-state index in [1.54, 1.807) is 0 Å². The average molecular weight is 264 g/mol. The third kappa shape index (κ3) is 3.32. The number of ether oxygens (including phenoxy) is 1. The fourth-order valence-corrected chi connectivity index (χ4v) is 2.20. The summed E-state index contributed by atoms with van der Waals surface area (Å²) in [6, 6.07) is 4.09. The summed E-state index contributed by atoms with van der Waals surface area (Å²) in [6.07, 6.45) is 2.62. The quantitative estimate of drug-likeness (QED) is 0.493. The minimum atomic E-state index is -0.352. The van der Waals surface area contributed by atoms with E-state index in [0.717, 1.165) is 0 Å². The fraction of sp³-hybridized carbons (Fsp3) is 0.429. The molecule has 1 aliphatic carbocycles. The highest BCUT2D eigenvalue weighted by Crippen LogP contribution is 2.27. The van der Waals surface area contributed by atoms with Crippen LogP contribution in [0.3, 0.4) is 0 Å². The first-order valence-corrected chi connectivity index (χ1v) is 6.28. The zero-order chi connectivity index (χ0) is 13.8. The van der Waals surface area contributed by atoms with E-state index in [1.165, 1.54) is 18.2 Å². The molecule has 2 rings (SSSR count). The lowest BCUT2D eigenvalue weighted by Crippen LogP contribution is -2.27. The second-order valence-electron chi connectivity index (χ2n) is 4.77. The molecule has 1 aliphatic rings. The standard InChI is InChI=1S/C14H16O5/c15-8-10-7-12(5-6-13(10)17)19-14(18)9-1-3-11(16)4-2-9/h5-9,11,16-17H,1-4H2/t9-,11-. The largest absolute Gasteiger partial charge is 0.507 e. The predicted molar refractivity (Wildman–Crippen MR) is 67.1 cm³/mol. The van der Waals surface area contributed by atoms with Crippen LogP contribution >= 0.6 is 0 Å². The van der Waals surface area contributed by atoms with Crippen LogP contribution in [-0.4, -0.2) is 28.6 Å². The summed E-state index contributed by atoms with van der Waals surface area (Å²) in [7, 11) is 0. The molecule has 5 heteroatoms. The molecule has 0 bridgehead atoms. The minimum absolute atomic E-state index is 0.0874. The van der Waals surface area contributed by atoms with Crippen LogP contribution in [0.15, 0.2) is 18.2 Å². The number of hydrogen-bond donors (Lipinski definition) is 2. The van der Waals surface area contributed by atoms with Gasteiger partial charge in [0.05, 0.1) is 17.6 Å². The number of phenols is 1. The Bertz CT molecular complexity index is 475. The first-order chi connectivity index (χ1) is 9.10. The van der Waals surface area contributed by atoms with E-state index >= 15 is 0 Å². The Morgan fingerprint density at radius 2 is 1.95 bits per heavy atom. The van der Waals surface area contributed by atoms with Gasteiger partial charge in [-0.25, -0.2) is 0 Å².